The third kappa shape index (κ3) is 22.4. The number of benzene rings is 4. The summed E-state index contributed by atoms with van der Waals surface area (Å²) in [6.45, 7) is 40.5. The second-order valence-electron chi connectivity index (χ2n) is 17.6. The molecule has 436 valence electrons. The molecule has 4 aromatic carbocycles. The van der Waals surface area contributed by atoms with Crippen molar-refractivity contribution < 1.29 is 23.6 Å². The van der Waals surface area contributed by atoms with Crippen LogP contribution in [-0.2, 0) is 6.42 Å². The minimum Gasteiger partial charge on any atom is -0.352 e. The number of rotatable bonds is 9. The first kappa shape index (κ1) is 77.3. The minimum atomic E-state index is -0.440. The van der Waals surface area contributed by atoms with Gasteiger partial charge in [0.05, 0.1) is 31.2 Å². The molecule has 0 aliphatic rings. The van der Waals surface area contributed by atoms with Crippen LogP contribution in [0.5, 0.6) is 0 Å². The van der Waals surface area contributed by atoms with Gasteiger partial charge in [-0.1, -0.05) is 105 Å². The minimum absolute atomic E-state index is 0. The number of nitro groups is 3. The van der Waals surface area contributed by atoms with Gasteiger partial charge in [-0.25, -0.2) is 8.78 Å². The van der Waals surface area contributed by atoms with E-state index in [4.69, 9.17) is 0 Å². The Morgan fingerprint density at radius 2 is 0.962 bits per heavy atom. The maximum atomic E-state index is 13.2. The van der Waals surface area contributed by atoms with E-state index in [1.807, 2.05) is 122 Å². The Morgan fingerprint density at radius 1 is 0.487 bits per heavy atom. The van der Waals surface area contributed by atoms with Crippen molar-refractivity contribution in [3.05, 3.63) is 181 Å². The third-order valence-electron chi connectivity index (χ3n) is 11.1. The molecule has 0 aliphatic carbocycles. The molecule has 0 radical (unpaired) electrons. The molecule has 4 aromatic heterocycles. The van der Waals surface area contributed by atoms with E-state index in [9.17, 15) is 39.1 Å². The van der Waals surface area contributed by atoms with Crippen molar-refractivity contribution in [2.75, 3.05) is 0 Å². The molecule has 13 nitrogen and oxygen atoms in total. The Labute approximate surface area is 467 Å². The highest BCUT2D eigenvalue weighted by Crippen LogP contribution is 2.29. The van der Waals surface area contributed by atoms with Crippen LogP contribution in [0.4, 0.5) is 25.8 Å². The summed E-state index contributed by atoms with van der Waals surface area (Å²) in [5.74, 6) is -0.778. The van der Waals surface area contributed by atoms with E-state index >= 15 is 0 Å². The average molecular weight is 1090 g/mol. The highest BCUT2D eigenvalue weighted by atomic mass is 19.1. The smallest absolute Gasteiger partial charge is 0.278 e. The monoisotopic (exact) mass is 1090 g/mol. The van der Waals surface area contributed by atoms with E-state index in [0.717, 1.165) is 33.4 Å². The third-order valence-corrected chi connectivity index (χ3v) is 11.1. The molecular formula is C63H99F2N7O6. The van der Waals surface area contributed by atoms with Gasteiger partial charge in [0, 0.05) is 108 Å². The lowest BCUT2D eigenvalue weighted by Gasteiger charge is -2.09. The van der Waals surface area contributed by atoms with E-state index in [-0.39, 0.29) is 60.0 Å². The molecular weight excluding hydrogens is 989 g/mol. The van der Waals surface area contributed by atoms with E-state index in [1.165, 1.54) is 17.7 Å². The Balaban J connectivity index is -0.000000424. The van der Waals surface area contributed by atoms with Crippen molar-refractivity contribution in [2.24, 2.45) is 0 Å². The largest absolute Gasteiger partial charge is 0.352 e. The number of aryl methyl sites for hydroxylation is 2. The van der Waals surface area contributed by atoms with E-state index in [1.54, 1.807) is 48.5 Å². The normalized spacial score (nSPS) is 9.78. The number of nitrogens with zero attached hydrogens (tertiary/aromatic N) is 7. The van der Waals surface area contributed by atoms with Crippen LogP contribution in [0, 0.1) is 48.9 Å². The molecule has 0 unspecified atom stereocenters. The quantitative estimate of drug-likeness (QED) is 0.104. The number of non-ortho nitro benzene ring substituents is 3. The summed E-state index contributed by atoms with van der Waals surface area (Å²) in [4.78, 5) is 30.9. The second kappa shape index (κ2) is 39.2. The fourth-order valence-electron chi connectivity index (χ4n) is 7.37. The first-order valence-electron chi connectivity index (χ1n) is 26.4. The lowest BCUT2D eigenvalue weighted by Crippen LogP contribution is -1.98. The van der Waals surface area contributed by atoms with Gasteiger partial charge in [0.2, 0.25) is 0 Å². The van der Waals surface area contributed by atoms with Crippen LogP contribution in [0.1, 0.15) is 201 Å². The van der Waals surface area contributed by atoms with Gasteiger partial charge in [0.15, 0.2) is 0 Å². The first-order chi connectivity index (χ1) is 35.5. The fourth-order valence-corrected chi connectivity index (χ4v) is 7.37. The maximum Gasteiger partial charge on any atom is 0.278 e. The molecule has 0 bridgehead atoms. The Kier molecular flexibility index (Phi) is 38.9. The summed E-state index contributed by atoms with van der Waals surface area (Å²) in [5.41, 5.74) is 5.85. The molecule has 78 heavy (non-hydrogen) atoms. The average Bonchev–Trinajstić information content (AvgIpc) is 4.23. The Morgan fingerprint density at radius 3 is 1.40 bits per heavy atom. The van der Waals surface area contributed by atoms with E-state index < -0.39 is 11.6 Å². The highest BCUT2D eigenvalue weighted by molar-refractivity contribution is 5.89. The molecule has 0 saturated carbocycles. The summed E-state index contributed by atoms with van der Waals surface area (Å²) >= 11 is 0. The standard InChI is InChI=1S/C11H14F2.3C11H12N2O2.C8H13N.4C2H6.3CH4/c1-4-8-5-9(7(2)3)11(13)6-10(8)12;1-8(2)12-6-5-9-7-10(13(14)15)3-4-11(9)12;1-8(2)12-6-5-9-3-4-10(13(14)15)7-11(9)12;1-8(2)12-7-6-9-10(12)4-3-5-11(9)13(14)15;1-7(2)9-5-4-8(3)6-9;4*1-2;;;/h5-7H,4H2,1-3H3;3*3-8H,1-2H3;4-7H,1-3H3;4*1-2H3;3*1H4. The number of fused-ring (bicyclic) bond motifs is 3. The Hall–Kier alpha value is -7.16. The Bertz CT molecular complexity index is 2930. The molecule has 15 heteroatoms. The SMILES string of the molecule is C.C.C.CC.CC.CC.CC.CC(C)n1ccc2c([N+](=O)[O-])cccc21.CC(C)n1ccc2cc([N+](=O)[O-])ccc21.CC(C)n1ccc2ccc([N+](=O)[O-])cc21.CCc1cc(C(C)C)c(F)cc1F.Cc1ccn(C(C)C)c1. The van der Waals surface area contributed by atoms with Crippen LogP contribution in [-0.4, -0.2) is 33.0 Å². The van der Waals surface area contributed by atoms with Gasteiger partial charge in [-0.2, -0.15) is 0 Å². The van der Waals surface area contributed by atoms with Crippen LogP contribution in [0.2, 0.25) is 0 Å². The summed E-state index contributed by atoms with van der Waals surface area (Å²) < 4.78 is 34.6. The zero-order valence-corrected chi connectivity index (χ0v) is 48.5. The predicted octanol–water partition coefficient (Wildman–Crippen LogP) is 21.4. The first-order valence-corrected chi connectivity index (χ1v) is 26.4. The van der Waals surface area contributed by atoms with Gasteiger partial charge >= 0.3 is 0 Å². The summed E-state index contributed by atoms with van der Waals surface area (Å²) in [7, 11) is 0. The van der Waals surface area contributed by atoms with Gasteiger partial charge in [-0.05, 0) is 140 Å². The van der Waals surface area contributed by atoms with Gasteiger partial charge in [0.25, 0.3) is 17.1 Å². The van der Waals surface area contributed by atoms with Gasteiger partial charge in [0.1, 0.15) is 11.6 Å². The second-order valence-corrected chi connectivity index (χ2v) is 17.6. The summed E-state index contributed by atoms with van der Waals surface area (Å²) in [5, 5.41) is 34.7. The molecule has 0 amide bonds. The number of hydrogen-bond acceptors (Lipinski definition) is 6. The van der Waals surface area contributed by atoms with Crippen LogP contribution >= 0.6 is 0 Å². The van der Waals surface area contributed by atoms with Gasteiger partial charge in [-0.3, -0.25) is 30.3 Å². The molecule has 8 rings (SSSR count). The number of nitro benzene ring substituents is 3. The molecule has 0 fully saturated rings. The van der Waals surface area contributed by atoms with Crippen LogP contribution in [0.15, 0.2) is 122 Å². The fraction of sp³-hybridized carbons (Fsp3) is 0.460. The number of aromatic nitrogens is 4. The lowest BCUT2D eigenvalue weighted by molar-refractivity contribution is -0.384. The van der Waals surface area contributed by atoms with Crippen molar-refractivity contribution in [3.63, 3.8) is 0 Å². The molecule has 0 N–H and O–H groups in total. The molecule has 8 aromatic rings. The van der Waals surface area contributed by atoms with Crippen LogP contribution < -0.4 is 0 Å². The summed E-state index contributed by atoms with van der Waals surface area (Å²) in [6.07, 6.45) is 10.7. The lowest BCUT2D eigenvalue weighted by atomic mass is 9.99. The van der Waals surface area contributed by atoms with Crippen molar-refractivity contribution >= 4 is 49.8 Å². The van der Waals surface area contributed by atoms with Crippen molar-refractivity contribution in [3.8, 4) is 0 Å². The van der Waals surface area contributed by atoms with Crippen LogP contribution in [0.3, 0.4) is 0 Å². The molecule has 4 heterocycles. The topological polar surface area (TPSA) is 149 Å². The molecule has 0 atom stereocenters. The van der Waals surface area contributed by atoms with Crippen molar-refractivity contribution in [2.45, 2.75) is 197 Å². The highest BCUT2D eigenvalue weighted by Gasteiger charge is 2.15. The number of halogens is 2. The molecule has 0 saturated heterocycles. The van der Waals surface area contributed by atoms with Crippen molar-refractivity contribution in [1.29, 1.82) is 0 Å². The zero-order valence-electron chi connectivity index (χ0n) is 48.5. The van der Waals surface area contributed by atoms with Crippen LogP contribution in [0.25, 0.3) is 32.7 Å². The predicted molar refractivity (Wildman–Crippen MR) is 332 cm³/mol. The zero-order chi connectivity index (χ0) is 57.9. The van der Waals surface area contributed by atoms with Crippen molar-refractivity contribution in [1.82, 2.24) is 18.3 Å². The molecule has 0 spiro atoms. The maximum absolute atomic E-state index is 13.2. The van der Waals surface area contributed by atoms with E-state index in [0.29, 0.717) is 47.1 Å². The van der Waals surface area contributed by atoms with Gasteiger partial charge < -0.3 is 18.3 Å². The summed E-state index contributed by atoms with van der Waals surface area (Å²) in [6, 6.07) is 27.0. The number of hydrogen-bond donors (Lipinski definition) is 0. The van der Waals surface area contributed by atoms with Gasteiger partial charge in [-0.15, -0.1) is 0 Å². The molecule has 0 aliphatic heterocycles. The van der Waals surface area contributed by atoms with E-state index in [2.05, 4.69) is 89.9 Å².